The van der Waals surface area contributed by atoms with Gasteiger partial charge in [-0.25, -0.2) is 9.97 Å². The molecule has 0 saturated heterocycles. The van der Waals surface area contributed by atoms with Crippen LogP contribution in [0.5, 0.6) is 0 Å². The van der Waals surface area contributed by atoms with Crippen molar-refractivity contribution >= 4 is 28.9 Å². The first-order valence-electron chi connectivity index (χ1n) is 7.28. The first-order chi connectivity index (χ1) is 12.2. The average molecular weight is 350 g/mol. The van der Waals surface area contributed by atoms with Crippen LogP contribution in [0.3, 0.4) is 0 Å². The van der Waals surface area contributed by atoms with Crippen LogP contribution < -0.4 is 5.32 Å². The number of nitrogens with zero attached hydrogens (tertiary/aromatic N) is 4. The lowest BCUT2D eigenvalue weighted by Gasteiger charge is -2.08. The standard InChI is InChI=1S/C18H12ClN5O/c19-14-3-1-2-13(10-14)17(24-25)16-8-9-21-18(23-16)22-15-6-4-12(11-20)5-7-15/h1-10,25H,(H,21,22,23)/b24-17-. The highest BCUT2D eigenvalue weighted by atomic mass is 35.5. The van der Waals surface area contributed by atoms with Gasteiger partial charge in [0.2, 0.25) is 5.95 Å². The van der Waals surface area contributed by atoms with E-state index < -0.39 is 0 Å². The molecule has 2 aromatic carbocycles. The fourth-order valence-electron chi connectivity index (χ4n) is 2.20. The third kappa shape index (κ3) is 3.91. The molecule has 3 aromatic rings. The predicted octanol–water partition coefficient (Wildman–Crippen LogP) is 3.97. The molecule has 0 aliphatic carbocycles. The van der Waals surface area contributed by atoms with Crippen molar-refractivity contribution in [3.8, 4) is 6.07 Å². The van der Waals surface area contributed by atoms with Crippen molar-refractivity contribution in [2.75, 3.05) is 5.32 Å². The lowest BCUT2D eigenvalue weighted by molar-refractivity contribution is 0.319. The zero-order chi connectivity index (χ0) is 17.6. The van der Waals surface area contributed by atoms with Crippen molar-refractivity contribution in [2.24, 2.45) is 5.16 Å². The summed E-state index contributed by atoms with van der Waals surface area (Å²) in [7, 11) is 0. The van der Waals surface area contributed by atoms with E-state index in [0.29, 0.717) is 27.8 Å². The molecule has 25 heavy (non-hydrogen) atoms. The van der Waals surface area contributed by atoms with Crippen LogP contribution in [0.25, 0.3) is 0 Å². The predicted molar refractivity (Wildman–Crippen MR) is 95.3 cm³/mol. The Morgan fingerprint density at radius 1 is 1.16 bits per heavy atom. The van der Waals surface area contributed by atoms with Gasteiger partial charge >= 0.3 is 0 Å². The Bertz CT molecular complexity index is 964. The molecule has 0 aliphatic rings. The topological polar surface area (TPSA) is 94.2 Å². The molecule has 0 amide bonds. The Hall–Kier alpha value is -3.43. The van der Waals surface area contributed by atoms with Gasteiger partial charge in [0.1, 0.15) is 5.71 Å². The summed E-state index contributed by atoms with van der Waals surface area (Å²) in [4.78, 5) is 8.52. The molecule has 1 aromatic heterocycles. The van der Waals surface area contributed by atoms with Crippen molar-refractivity contribution in [1.82, 2.24) is 9.97 Å². The number of rotatable bonds is 4. The van der Waals surface area contributed by atoms with Crippen molar-refractivity contribution in [1.29, 1.82) is 5.26 Å². The maximum absolute atomic E-state index is 9.40. The fraction of sp³-hybridized carbons (Fsp3) is 0. The zero-order valence-electron chi connectivity index (χ0n) is 12.9. The Morgan fingerprint density at radius 3 is 2.64 bits per heavy atom. The van der Waals surface area contributed by atoms with Gasteiger partial charge in [0.05, 0.1) is 17.3 Å². The molecule has 2 N–H and O–H groups in total. The summed E-state index contributed by atoms with van der Waals surface area (Å²) >= 11 is 5.99. The highest BCUT2D eigenvalue weighted by Gasteiger charge is 2.11. The molecule has 0 radical (unpaired) electrons. The van der Waals surface area contributed by atoms with E-state index in [1.54, 1.807) is 60.8 Å². The van der Waals surface area contributed by atoms with Gasteiger partial charge < -0.3 is 10.5 Å². The molecule has 122 valence electrons. The number of anilines is 2. The van der Waals surface area contributed by atoms with Crippen LogP contribution in [0.2, 0.25) is 5.02 Å². The van der Waals surface area contributed by atoms with Gasteiger partial charge in [0.25, 0.3) is 0 Å². The van der Waals surface area contributed by atoms with Crippen LogP contribution in [0.1, 0.15) is 16.8 Å². The Balaban J connectivity index is 1.88. The second-order valence-corrected chi connectivity index (χ2v) is 5.48. The molecule has 0 fully saturated rings. The van der Waals surface area contributed by atoms with Crippen LogP contribution in [-0.2, 0) is 0 Å². The van der Waals surface area contributed by atoms with Crippen molar-refractivity contribution in [2.45, 2.75) is 0 Å². The Labute approximate surface area is 149 Å². The number of hydrogen-bond acceptors (Lipinski definition) is 6. The van der Waals surface area contributed by atoms with Gasteiger partial charge in [-0.2, -0.15) is 5.26 Å². The minimum absolute atomic E-state index is 0.285. The maximum atomic E-state index is 9.40. The molecule has 0 spiro atoms. The van der Waals surface area contributed by atoms with Gasteiger partial charge in [-0.3, -0.25) is 0 Å². The zero-order valence-corrected chi connectivity index (χ0v) is 13.6. The third-order valence-corrected chi connectivity index (χ3v) is 3.60. The SMILES string of the molecule is N#Cc1ccc(Nc2nccc(/C(=N\O)c3cccc(Cl)c3)n2)cc1. The molecule has 0 saturated carbocycles. The Morgan fingerprint density at radius 2 is 1.96 bits per heavy atom. The van der Waals surface area contributed by atoms with Crippen LogP contribution in [0.4, 0.5) is 11.6 Å². The number of nitriles is 1. The molecule has 3 rings (SSSR count). The molecule has 0 atom stereocenters. The van der Waals surface area contributed by atoms with Gasteiger partial charge in [-0.1, -0.05) is 28.9 Å². The van der Waals surface area contributed by atoms with E-state index >= 15 is 0 Å². The smallest absolute Gasteiger partial charge is 0.227 e. The number of benzene rings is 2. The third-order valence-electron chi connectivity index (χ3n) is 3.37. The number of hydrogen-bond donors (Lipinski definition) is 2. The molecular formula is C18H12ClN5O. The van der Waals surface area contributed by atoms with E-state index in [0.717, 1.165) is 5.69 Å². The molecule has 0 aliphatic heterocycles. The number of aromatic nitrogens is 2. The van der Waals surface area contributed by atoms with Gasteiger partial charge in [-0.05, 0) is 42.5 Å². The van der Waals surface area contributed by atoms with Gasteiger partial charge in [0.15, 0.2) is 0 Å². The first-order valence-corrected chi connectivity index (χ1v) is 7.66. The van der Waals surface area contributed by atoms with E-state index in [1.165, 1.54) is 0 Å². The van der Waals surface area contributed by atoms with Crippen molar-refractivity contribution < 1.29 is 5.21 Å². The lowest BCUT2D eigenvalue weighted by Crippen LogP contribution is -2.08. The van der Waals surface area contributed by atoms with Crippen molar-refractivity contribution in [3.05, 3.63) is 82.6 Å². The quantitative estimate of drug-likeness (QED) is 0.422. The summed E-state index contributed by atoms with van der Waals surface area (Å²) in [6.45, 7) is 0. The highest BCUT2D eigenvalue weighted by molar-refractivity contribution is 6.31. The minimum atomic E-state index is 0.285. The van der Waals surface area contributed by atoms with Crippen LogP contribution in [-0.4, -0.2) is 20.9 Å². The van der Waals surface area contributed by atoms with E-state index in [2.05, 4.69) is 26.5 Å². The number of oxime groups is 1. The average Bonchev–Trinajstić information content (AvgIpc) is 2.63. The first kappa shape index (κ1) is 16.4. The van der Waals surface area contributed by atoms with E-state index in [4.69, 9.17) is 16.9 Å². The molecule has 7 heteroatoms. The molecular weight excluding hydrogens is 338 g/mol. The lowest BCUT2D eigenvalue weighted by atomic mass is 10.1. The molecule has 0 unspecified atom stereocenters. The summed E-state index contributed by atoms with van der Waals surface area (Å²) in [6.07, 6.45) is 1.56. The van der Waals surface area contributed by atoms with E-state index in [1.807, 2.05) is 0 Å². The molecule has 6 nitrogen and oxygen atoms in total. The second-order valence-electron chi connectivity index (χ2n) is 5.04. The van der Waals surface area contributed by atoms with E-state index in [-0.39, 0.29) is 5.71 Å². The van der Waals surface area contributed by atoms with Crippen molar-refractivity contribution in [3.63, 3.8) is 0 Å². The highest BCUT2D eigenvalue weighted by Crippen LogP contribution is 2.17. The Kier molecular flexibility index (Phi) is 4.88. The van der Waals surface area contributed by atoms with Gasteiger partial charge in [-0.15, -0.1) is 0 Å². The summed E-state index contributed by atoms with van der Waals surface area (Å²) < 4.78 is 0. The van der Waals surface area contributed by atoms with Crippen LogP contribution in [0.15, 0.2) is 65.9 Å². The maximum Gasteiger partial charge on any atom is 0.227 e. The van der Waals surface area contributed by atoms with Crippen LogP contribution >= 0.6 is 11.6 Å². The summed E-state index contributed by atoms with van der Waals surface area (Å²) in [5.41, 5.74) is 2.67. The number of nitrogens with one attached hydrogen (secondary N) is 1. The summed E-state index contributed by atoms with van der Waals surface area (Å²) in [5, 5.41) is 25.1. The minimum Gasteiger partial charge on any atom is -0.410 e. The summed E-state index contributed by atoms with van der Waals surface area (Å²) in [5.74, 6) is 0.338. The largest absolute Gasteiger partial charge is 0.410 e. The monoisotopic (exact) mass is 349 g/mol. The van der Waals surface area contributed by atoms with Crippen LogP contribution in [0, 0.1) is 11.3 Å². The fourth-order valence-corrected chi connectivity index (χ4v) is 2.39. The summed E-state index contributed by atoms with van der Waals surface area (Å²) in [6, 6.07) is 17.6. The number of halogens is 1. The molecule has 0 bridgehead atoms. The second kappa shape index (κ2) is 7.43. The normalized spacial score (nSPS) is 11.0. The van der Waals surface area contributed by atoms with Gasteiger partial charge in [0, 0.05) is 22.5 Å². The molecule has 1 heterocycles. The van der Waals surface area contributed by atoms with E-state index in [9.17, 15) is 5.21 Å².